The quantitative estimate of drug-likeness (QED) is 0.567. The van der Waals surface area contributed by atoms with Crippen molar-refractivity contribution < 1.29 is 9.59 Å². The second kappa shape index (κ2) is 9.07. The van der Waals surface area contributed by atoms with Crippen LogP contribution in [0.2, 0.25) is 0 Å². The van der Waals surface area contributed by atoms with Gasteiger partial charge in [0.05, 0.1) is 5.56 Å². The third-order valence-electron chi connectivity index (χ3n) is 4.56. The van der Waals surface area contributed by atoms with Gasteiger partial charge in [0.1, 0.15) is 0 Å². The molecule has 1 heterocycles. The number of hydrogen-bond donors (Lipinski definition) is 2. The van der Waals surface area contributed by atoms with Crippen LogP contribution in [0, 0.1) is 0 Å². The number of aromatic nitrogens is 2. The van der Waals surface area contributed by atoms with E-state index in [1.54, 1.807) is 24.3 Å². The number of carbonyl (C=O) groups excluding carboxylic acids is 2. The van der Waals surface area contributed by atoms with Crippen molar-refractivity contribution in [1.82, 2.24) is 9.97 Å². The molecule has 1 aromatic heterocycles. The van der Waals surface area contributed by atoms with Gasteiger partial charge in [0.15, 0.2) is 5.78 Å². The zero-order valence-corrected chi connectivity index (χ0v) is 15.5. The van der Waals surface area contributed by atoms with E-state index in [9.17, 15) is 9.59 Å². The standard InChI is InChI=1S/C21H24N4O2/c1-15(26)17-8-5-9-19(12-17)25-20(27)18-13-23-21(24-14-18)22-11-10-16-6-3-2-4-7-16/h5-6,8-9,12-14H,2-4,7,10-11H2,1H3,(H,25,27)(H,22,23,24). The summed E-state index contributed by atoms with van der Waals surface area (Å²) in [5, 5.41) is 5.96. The van der Waals surface area contributed by atoms with Crippen molar-refractivity contribution in [2.75, 3.05) is 17.2 Å². The van der Waals surface area contributed by atoms with Crippen LogP contribution in [0.25, 0.3) is 0 Å². The summed E-state index contributed by atoms with van der Waals surface area (Å²) in [6, 6.07) is 6.83. The topological polar surface area (TPSA) is 84.0 Å². The van der Waals surface area contributed by atoms with E-state index in [2.05, 4.69) is 26.7 Å². The second-order valence-corrected chi connectivity index (χ2v) is 6.67. The van der Waals surface area contributed by atoms with Gasteiger partial charge < -0.3 is 10.6 Å². The number of amides is 1. The molecule has 3 rings (SSSR count). The first-order chi connectivity index (χ1) is 13.1. The number of nitrogens with one attached hydrogen (secondary N) is 2. The van der Waals surface area contributed by atoms with E-state index in [1.807, 2.05) is 0 Å². The number of rotatable bonds is 7. The molecular weight excluding hydrogens is 340 g/mol. The van der Waals surface area contributed by atoms with E-state index in [1.165, 1.54) is 50.6 Å². The Hall–Kier alpha value is -3.02. The molecule has 1 aromatic carbocycles. The van der Waals surface area contributed by atoms with Gasteiger partial charge in [-0.15, -0.1) is 0 Å². The molecule has 1 aliphatic carbocycles. The fraction of sp³-hybridized carbons (Fsp3) is 0.333. The Morgan fingerprint density at radius 3 is 2.63 bits per heavy atom. The molecular formula is C21H24N4O2. The monoisotopic (exact) mass is 364 g/mol. The zero-order chi connectivity index (χ0) is 19.1. The maximum atomic E-state index is 12.3. The first kappa shape index (κ1) is 18.8. The van der Waals surface area contributed by atoms with Crippen molar-refractivity contribution in [3.63, 3.8) is 0 Å². The number of carbonyl (C=O) groups is 2. The van der Waals surface area contributed by atoms with E-state index in [0.29, 0.717) is 22.8 Å². The van der Waals surface area contributed by atoms with Crippen molar-refractivity contribution in [1.29, 1.82) is 0 Å². The summed E-state index contributed by atoms with van der Waals surface area (Å²) in [5.41, 5.74) is 2.98. The van der Waals surface area contributed by atoms with Crippen LogP contribution in [0.15, 0.2) is 48.3 Å². The fourth-order valence-corrected chi connectivity index (χ4v) is 3.02. The first-order valence-electron chi connectivity index (χ1n) is 9.28. The molecule has 0 aliphatic heterocycles. The highest BCUT2D eigenvalue weighted by molar-refractivity contribution is 6.04. The lowest BCUT2D eigenvalue weighted by Gasteiger charge is -2.12. The largest absolute Gasteiger partial charge is 0.354 e. The number of Topliss-reactive ketones (excluding diaryl/α,β-unsaturated/α-hetero) is 1. The number of benzene rings is 1. The first-order valence-corrected chi connectivity index (χ1v) is 9.28. The normalized spacial score (nSPS) is 13.6. The molecule has 0 unspecified atom stereocenters. The van der Waals surface area contributed by atoms with Crippen LogP contribution in [-0.2, 0) is 0 Å². The number of anilines is 2. The van der Waals surface area contributed by atoms with Gasteiger partial charge in [-0.05, 0) is 51.2 Å². The molecule has 2 N–H and O–H groups in total. The predicted octanol–water partition coefficient (Wildman–Crippen LogP) is 4.23. The SMILES string of the molecule is CC(=O)c1cccc(NC(=O)c2cnc(NCCC3=CCCCC3)nc2)c1. The van der Waals surface area contributed by atoms with Gasteiger partial charge in [0.25, 0.3) is 5.91 Å². The summed E-state index contributed by atoms with van der Waals surface area (Å²) >= 11 is 0. The van der Waals surface area contributed by atoms with E-state index in [0.717, 1.165) is 13.0 Å². The summed E-state index contributed by atoms with van der Waals surface area (Å²) in [5.74, 6) is 0.157. The van der Waals surface area contributed by atoms with E-state index in [-0.39, 0.29) is 11.7 Å². The molecule has 0 fully saturated rings. The lowest BCUT2D eigenvalue weighted by atomic mass is 9.97. The molecule has 1 amide bonds. The van der Waals surface area contributed by atoms with Crippen molar-refractivity contribution in [2.24, 2.45) is 0 Å². The van der Waals surface area contributed by atoms with E-state index >= 15 is 0 Å². The summed E-state index contributed by atoms with van der Waals surface area (Å²) < 4.78 is 0. The van der Waals surface area contributed by atoms with Gasteiger partial charge in [0, 0.05) is 30.2 Å². The molecule has 0 radical (unpaired) electrons. The van der Waals surface area contributed by atoms with Gasteiger partial charge >= 0.3 is 0 Å². The van der Waals surface area contributed by atoms with Crippen molar-refractivity contribution in [3.05, 3.63) is 59.4 Å². The average molecular weight is 364 g/mol. The Kier molecular flexibility index (Phi) is 6.30. The molecule has 2 aromatic rings. The number of ketones is 1. The van der Waals surface area contributed by atoms with Crippen LogP contribution >= 0.6 is 0 Å². The van der Waals surface area contributed by atoms with Gasteiger partial charge in [-0.2, -0.15) is 0 Å². The van der Waals surface area contributed by atoms with Gasteiger partial charge in [-0.25, -0.2) is 9.97 Å². The zero-order valence-electron chi connectivity index (χ0n) is 15.5. The van der Waals surface area contributed by atoms with Gasteiger partial charge in [-0.1, -0.05) is 23.8 Å². The third kappa shape index (κ3) is 5.48. The number of nitrogens with zero attached hydrogens (tertiary/aromatic N) is 2. The average Bonchev–Trinajstić information content (AvgIpc) is 2.69. The predicted molar refractivity (Wildman–Crippen MR) is 106 cm³/mol. The maximum absolute atomic E-state index is 12.3. The summed E-state index contributed by atoms with van der Waals surface area (Å²) in [6.45, 7) is 2.28. The van der Waals surface area contributed by atoms with Crippen LogP contribution in [0.3, 0.4) is 0 Å². The molecule has 6 heteroatoms. The van der Waals surface area contributed by atoms with Crippen molar-refractivity contribution >= 4 is 23.3 Å². The van der Waals surface area contributed by atoms with E-state index in [4.69, 9.17) is 0 Å². The highest BCUT2D eigenvalue weighted by Crippen LogP contribution is 2.19. The molecule has 0 atom stereocenters. The smallest absolute Gasteiger partial charge is 0.258 e. The Morgan fingerprint density at radius 2 is 1.93 bits per heavy atom. The molecule has 140 valence electrons. The molecule has 0 saturated heterocycles. The van der Waals surface area contributed by atoms with Crippen LogP contribution in [0.5, 0.6) is 0 Å². The molecule has 0 spiro atoms. The lowest BCUT2D eigenvalue weighted by Crippen LogP contribution is -2.14. The summed E-state index contributed by atoms with van der Waals surface area (Å²) in [7, 11) is 0. The van der Waals surface area contributed by atoms with Crippen LogP contribution < -0.4 is 10.6 Å². The summed E-state index contributed by atoms with van der Waals surface area (Å²) in [4.78, 5) is 32.2. The van der Waals surface area contributed by atoms with Crippen molar-refractivity contribution in [3.8, 4) is 0 Å². The Labute approximate surface area is 159 Å². The van der Waals surface area contributed by atoms with Crippen molar-refractivity contribution in [2.45, 2.75) is 39.0 Å². The maximum Gasteiger partial charge on any atom is 0.258 e. The van der Waals surface area contributed by atoms with Crippen LogP contribution in [-0.4, -0.2) is 28.2 Å². The summed E-state index contributed by atoms with van der Waals surface area (Å²) in [6.07, 6.45) is 11.3. The van der Waals surface area contributed by atoms with Crippen LogP contribution in [0.4, 0.5) is 11.6 Å². The molecule has 6 nitrogen and oxygen atoms in total. The number of allylic oxidation sites excluding steroid dienone is 1. The molecule has 0 bridgehead atoms. The fourth-order valence-electron chi connectivity index (χ4n) is 3.02. The minimum absolute atomic E-state index is 0.0474. The molecule has 0 saturated carbocycles. The van der Waals surface area contributed by atoms with Crippen LogP contribution in [0.1, 0.15) is 59.7 Å². The second-order valence-electron chi connectivity index (χ2n) is 6.67. The highest BCUT2D eigenvalue weighted by atomic mass is 16.1. The minimum atomic E-state index is -0.311. The molecule has 27 heavy (non-hydrogen) atoms. The Morgan fingerprint density at radius 1 is 1.11 bits per heavy atom. The van der Waals surface area contributed by atoms with Gasteiger partial charge in [-0.3, -0.25) is 9.59 Å². The molecule has 1 aliphatic rings. The Bertz CT molecular complexity index is 844. The Balaban J connectivity index is 1.53. The highest BCUT2D eigenvalue weighted by Gasteiger charge is 2.09. The third-order valence-corrected chi connectivity index (χ3v) is 4.56. The number of hydrogen-bond acceptors (Lipinski definition) is 5. The minimum Gasteiger partial charge on any atom is -0.354 e. The van der Waals surface area contributed by atoms with E-state index < -0.39 is 0 Å². The lowest BCUT2D eigenvalue weighted by molar-refractivity contribution is 0.101. The van der Waals surface area contributed by atoms with Gasteiger partial charge in [0.2, 0.25) is 5.95 Å².